The van der Waals surface area contributed by atoms with Crippen molar-refractivity contribution in [1.29, 1.82) is 0 Å². The number of nitrogens with two attached hydrogens (primary N) is 2. The van der Waals surface area contributed by atoms with E-state index in [1.54, 1.807) is 13.8 Å². The Morgan fingerprint density at radius 2 is 1.35 bits per heavy atom. The number of hydrogen-bond acceptors (Lipinski definition) is 27. The van der Waals surface area contributed by atoms with E-state index in [4.69, 9.17) is 67.8 Å². The quantitative estimate of drug-likeness (QED) is 0.0507. The lowest BCUT2D eigenvalue weighted by Crippen LogP contribution is -2.66. The number of carboxylic acids is 2. The van der Waals surface area contributed by atoms with E-state index in [1.165, 1.54) is 19.9 Å². The number of carboxylic acid groups (broad SMARTS) is 2. The van der Waals surface area contributed by atoms with Crippen molar-refractivity contribution in [1.82, 2.24) is 37.2 Å². The first-order chi connectivity index (χ1) is 52.0. The number of nitrogens with one attached hydrogen (secondary N) is 7. The third-order valence-electron chi connectivity index (χ3n) is 19.2. The number of amides is 7. The van der Waals surface area contributed by atoms with Gasteiger partial charge in [0.15, 0.2) is 36.0 Å². The first-order valence-electron chi connectivity index (χ1n) is 34.8. The normalized spacial score (nSPS) is 28.4. The Kier molecular flexibility index (Phi) is 26.1. The van der Waals surface area contributed by atoms with Crippen LogP contribution in [-0.2, 0) is 62.1 Å². The molecule has 5 aromatic rings. The van der Waals surface area contributed by atoms with Crippen LogP contribution in [0.3, 0.4) is 0 Å². The Labute approximate surface area is 636 Å². The summed E-state index contributed by atoms with van der Waals surface area (Å²) in [4.78, 5) is 129. The van der Waals surface area contributed by atoms with E-state index in [2.05, 4.69) is 37.2 Å². The topological polar surface area (TPSA) is 577 Å². The van der Waals surface area contributed by atoms with Crippen LogP contribution in [0, 0.1) is 5.92 Å². The minimum Gasteiger partial charge on any atom is -0.508 e. The summed E-state index contributed by atoms with van der Waals surface area (Å²) in [5, 5.41) is 142. The molecule has 0 saturated carbocycles. The predicted molar refractivity (Wildman–Crippen MR) is 381 cm³/mol. The maximum absolute atomic E-state index is 16.0. The number of phenols is 3. The molecule has 0 radical (unpaired) electrons. The number of aliphatic hydroxyl groups excluding tert-OH is 6. The molecular weight excluding hydrogens is 1490 g/mol. The largest absolute Gasteiger partial charge is 0.508 e. The second-order valence-corrected chi connectivity index (χ2v) is 28.6. The summed E-state index contributed by atoms with van der Waals surface area (Å²) >= 11 is 14.2. The van der Waals surface area contributed by atoms with Gasteiger partial charge < -0.3 is 138 Å². The van der Waals surface area contributed by atoms with Gasteiger partial charge in [0.1, 0.15) is 89.5 Å². The van der Waals surface area contributed by atoms with E-state index in [-0.39, 0.29) is 48.6 Å². The monoisotopic (exact) mass is 1580 g/mol. The van der Waals surface area contributed by atoms with Crippen molar-refractivity contribution in [2.75, 3.05) is 19.8 Å². The first kappa shape index (κ1) is 82.7. The van der Waals surface area contributed by atoms with Crippen LogP contribution >= 0.6 is 23.2 Å². The third kappa shape index (κ3) is 18.3. The number of fused-ring (bicyclic) bond motifs is 16. The van der Waals surface area contributed by atoms with Gasteiger partial charge in [0.25, 0.3) is 0 Å². The molecule has 7 aliphatic rings. The molecule has 0 aromatic heterocycles. The highest BCUT2D eigenvalue weighted by Crippen LogP contribution is 2.50. The Bertz CT molecular complexity index is 4350. The summed E-state index contributed by atoms with van der Waals surface area (Å²) in [6.45, 7) is 7.12. The molecule has 7 heterocycles. The lowest BCUT2D eigenvalue weighted by Gasteiger charge is -2.48. The molecule has 110 heavy (non-hydrogen) atoms. The van der Waals surface area contributed by atoms with Gasteiger partial charge in [-0.15, -0.1) is 0 Å². The number of rotatable bonds is 19. The van der Waals surface area contributed by atoms with Crippen molar-refractivity contribution in [2.45, 2.75) is 182 Å². The minimum atomic E-state index is -2.32. The maximum Gasteiger partial charge on any atom is 0.334 e. The number of aliphatic hydroxyl groups is 6. The number of halogens is 2. The fraction of sp³-hybridized carbons (Fsp3) is 0.458. The summed E-state index contributed by atoms with van der Waals surface area (Å²) in [6.07, 6.45) is -20.0. The molecule has 5 aromatic carbocycles. The molecule has 7 aliphatic heterocycles. The molecule has 15 unspecified atom stereocenters. The average molecular weight is 1580 g/mol. The minimum absolute atomic E-state index is 0.0725. The summed E-state index contributed by atoms with van der Waals surface area (Å²) < 4.78 is 44.5. The predicted octanol–water partition coefficient (Wildman–Crippen LogP) is 0.746. The number of carbonyl (C=O) groups is 9. The molecule has 594 valence electrons. The van der Waals surface area contributed by atoms with Gasteiger partial charge in [0.05, 0.1) is 41.3 Å². The molecule has 2 fully saturated rings. The SMILES string of the molecule is CCCCOC(CNC1(C)CC(OC2C(Oc3c4cc5cc3Oc3ccc(cc3Cl)[C@@H](O)[C@@H]3NC(=O)C(NC(=O)C5NC(=O)CC(C(N)=O)NC(=O)[C@@H](NC(=O)[C@H](N)CC(C)C)C(O)c5ccc(c(Cl)c5)O4)c4ccc(O)c(c4)-c4c(O)cc(O)cc4C(C(=O)O)NC3=O)OC(CO)C(O)C2O)OC(C)C1O)C(=O)O. The number of phenolic OH excluding ortho intramolecular Hbond substituents is 3. The van der Waals surface area contributed by atoms with Crippen molar-refractivity contribution >= 4 is 76.5 Å². The molecule has 36 nitrogen and oxygen atoms in total. The molecule has 2 saturated heterocycles. The number of carbonyl (C=O) groups excluding carboxylic acids is 7. The second kappa shape index (κ2) is 34.7. The van der Waals surface area contributed by atoms with E-state index in [1.807, 2.05) is 6.92 Å². The van der Waals surface area contributed by atoms with Gasteiger partial charge in [-0.1, -0.05) is 68.6 Å². The number of ether oxygens (including phenoxy) is 7. The maximum atomic E-state index is 16.0. The highest BCUT2D eigenvalue weighted by Gasteiger charge is 2.52. The molecule has 11 bridgehead atoms. The van der Waals surface area contributed by atoms with Crippen molar-refractivity contribution < 1.29 is 132 Å². The Morgan fingerprint density at radius 1 is 0.727 bits per heavy atom. The van der Waals surface area contributed by atoms with Crippen LogP contribution in [0.25, 0.3) is 11.1 Å². The Hall–Kier alpha value is -9.77. The van der Waals surface area contributed by atoms with Gasteiger partial charge in [0.2, 0.25) is 53.4 Å². The standard InChI is InChI=1S/C72H85Cl2N9O27/c1-6-7-14-104-46(69(100)101)25-77-72(5)24-49(105-28(4)62(72)93)109-61-59(92)58(91)47(26-84)108-71(61)110-60-44-19-32-20-45(60)107-43-13-10-31(18-37(43)74)57(90)55-68(99)81-53(70(102)103)35-21-33(85)22-41(87)50(35)34-16-29(8-11-40(34)86)51(65(96)83-55)80-66(97)52(32)79-48(88)23-39(63(76)94)78-67(98)54(82-64(95)38(75)15-27(2)3)56(89)30-9-12-42(106-44)36(73)17-30/h8-13,16-22,27-28,38-39,46-47,49,51-59,61-62,71,77,84-87,89-93H,6-7,14-15,23-26,75H2,1-5H3,(H2,76,94)(H,78,98)(H,79,88)(H,80,97)(H,81,99)(H,82,95)(H,83,96)(H,100,101)(H,102,103)/t28?,38-,39?,46?,47?,49?,51?,52?,53?,54+,55+,56?,57-,58?,59?,61?,62?,71?,72?/m1/s1. The van der Waals surface area contributed by atoms with Crippen molar-refractivity contribution in [3.8, 4) is 57.1 Å². The summed E-state index contributed by atoms with van der Waals surface area (Å²) in [5.41, 5.74) is 7.66. The number of hydrogen-bond donors (Lipinski definition) is 20. The third-order valence-corrected chi connectivity index (χ3v) is 19.8. The number of unbranched alkanes of at least 4 members (excludes halogenated alkanes) is 1. The van der Waals surface area contributed by atoms with E-state index in [0.717, 1.165) is 72.8 Å². The van der Waals surface area contributed by atoms with Crippen molar-refractivity contribution in [3.63, 3.8) is 0 Å². The van der Waals surface area contributed by atoms with E-state index in [9.17, 15) is 84.9 Å². The first-order valence-corrected chi connectivity index (χ1v) is 35.6. The van der Waals surface area contributed by atoms with Crippen LogP contribution in [0.2, 0.25) is 10.0 Å². The van der Waals surface area contributed by atoms with Crippen molar-refractivity contribution in [3.05, 3.63) is 117 Å². The lowest BCUT2D eigenvalue weighted by atomic mass is 9.84. The zero-order valence-corrected chi connectivity index (χ0v) is 61.0. The second-order valence-electron chi connectivity index (χ2n) is 27.8. The number of primary amides is 1. The highest BCUT2D eigenvalue weighted by molar-refractivity contribution is 6.32. The number of aliphatic carboxylic acids is 2. The Morgan fingerprint density at radius 3 is 1.95 bits per heavy atom. The molecule has 38 heteroatoms. The fourth-order valence-corrected chi connectivity index (χ4v) is 13.8. The van der Waals surface area contributed by atoms with Crippen LogP contribution in [0.1, 0.15) is 125 Å². The summed E-state index contributed by atoms with van der Waals surface area (Å²) in [6, 6.07) is -1.22. The molecule has 12 rings (SSSR count). The van der Waals surface area contributed by atoms with Gasteiger partial charge >= 0.3 is 11.9 Å². The highest BCUT2D eigenvalue weighted by atomic mass is 35.5. The van der Waals surface area contributed by atoms with Gasteiger partial charge in [-0.2, -0.15) is 0 Å². The van der Waals surface area contributed by atoms with Gasteiger partial charge in [-0.25, -0.2) is 9.59 Å². The summed E-state index contributed by atoms with van der Waals surface area (Å²) in [7, 11) is 0. The fourth-order valence-electron chi connectivity index (χ4n) is 13.3. The summed E-state index contributed by atoms with van der Waals surface area (Å²) in [5.74, 6) is -17.9. The molecule has 7 amide bonds. The van der Waals surface area contributed by atoms with Gasteiger partial charge in [-0.05, 0) is 109 Å². The van der Waals surface area contributed by atoms with Crippen molar-refractivity contribution in [2.24, 2.45) is 17.4 Å². The average Bonchev–Trinajstić information content (AvgIpc) is 0.820. The van der Waals surface area contributed by atoms with E-state index >= 15 is 14.4 Å². The molecular formula is C72H85Cl2N9O27. The smallest absolute Gasteiger partial charge is 0.334 e. The Balaban J connectivity index is 1.20. The zero-order chi connectivity index (χ0) is 80.2. The number of aromatic hydroxyl groups is 3. The molecule has 22 N–H and O–H groups in total. The number of benzene rings is 5. The zero-order valence-electron chi connectivity index (χ0n) is 59.5. The van der Waals surface area contributed by atoms with E-state index in [0.29, 0.717) is 12.8 Å². The molecule has 0 spiro atoms. The lowest BCUT2D eigenvalue weighted by molar-refractivity contribution is -0.334. The van der Waals surface area contributed by atoms with Crippen LogP contribution in [0.15, 0.2) is 78.9 Å². The molecule has 0 aliphatic carbocycles. The van der Waals surface area contributed by atoms with Crippen LogP contribution < -0.4 is 62.9 Å². The van der Waals surface area contributed by atoms with Gasteiger partial charge in [0, 0.05) is 47.9 Å². The molecule has 19 atom stereocenters. The van der Waals surface area contributed by atoms with Crippen LogP contribution in [-0.4, -0.2) is 214 Å². The van der Waals surface area contributed by atoms with E-state index < -0.39 is 260 Å². The van der Waals surface area contributed by atoms with Crippen LogP contribution in [0.5, 0.6) is 46.0 Å². The van der Waals surface area contributed by atoms with Gasteiger partial charge in [-0.3, -0.25) is 33.6 Å². The van der Waals surface area contributed by atoms with Crippen LogP contribution in [0.4, 0.5) is 0 Å².